The van der Waals surface area contributed by atoms with Gasteiger partial charge in [-0.15, -0.1) is 11.3 Å². The highest BCUT2D eigenvalue weighted by Gasteiger charge is 2.36. The molecular weight excluding hydrogens is 242 g/mol. The van der Waals surface area contributed by atoms with Crippen molar-refractivity contribution in [1.82, 2.24) is 4.90 Å². The van der Waals surface area contributed by atoms with Crippen LogP contribution in [0.4, 0.5) is 0 Å². The van der Waals surface area contributed by atoms with E-state index in [0.717, 1.165) is 6.54 Å². The van der Waals surface area contributed by atoms with E-state index >= 15 is 0 Å². The lowest BCUT2D eigenvalue weighted by molar-refractivity contribution is 0.173. The fourth-order valence-electron chi connectivity index (χ4n) is 2.47. The topological polar surface area (TPSA) is 53.0 Å². The van der Waals surface area contributed by atoms with Crippen molar-refractivity contribution in [2.45, 2.75) is 51.2 Å². The van der Waals surface area contributed by atoms with Crippen molar-refractivity contribution in [2.75, 3.05) is 6.54 Å². The standard InChI is InChI=1S/C14H21N3S/c1-10-4-7-13(18-10)14(11(2)16)17(9-3-8-15)12-5-6-12/h4,7,11-12,14H,3,5-6,9,16H2,1-2H3. The number of hydrogen-bond donors (Lipinski definition) is 1. The summed E-state index contributed by atoms with van der Waals surface area (Å²) in [6, 6.07) is 7.60. The molecule has 2 rings (SSSR count). The van der Waals surface area contributed by atoms with Crippen LogP contribution < -0.4 is 5.73 Å². The molecule has 1 aromatic rings. The molecule has 1 heterocycles. The van der Waals surface area contributed by atoms with E-state index < -0.39 is 0 Å². The van der Waals surface area contributed by atoms with Crippen LogP contribution in [0.3, 0.4) is 0 Å². The van der Waals surface area contributed by atoms with Crippen molar-refractivity contribution < 1.29 is 0 Å². The molecule has 3 nitrogen and oxygen atoms in total. The van der Waals surface area contributed by atoms with Gasteiger partial charge in [-0.25, -0.2) is 0 Å². The lowest BCUT2D eigenvalue weighted by Gasteiger charge is -2.33. The number of hydrogen-bond acceptors (Lipinski definition) is 4. The van der Waals surface area contributed by atoms with Gasteiger partial charge in [0.15, 0.2) is 0 Å². The Morgan fingerprint density at radius 2 is 2.28 bits per heavy atom. The lowest BCUT2D eigenvalue weighted by atomic mass is 10.1. The zero-order valence-electron chi connectivity index (χ0n) is 11.1. The highest BCUT2D eigenvalue weighted by atomic mass is 32.1. The number of nitrogens with two attached hydrogens (primary N) is 1. The van der Waals surface area contributed by atoms with Crippen LogP contribution in [0.25, 0.3) is 0 Å². The first-order valence-corrected chi connectivity index (χ1v) is 7.39. The molecule has 0 spiro atoms. The first-order valence-electron chi connectivity index (χ1n) is 6.58. The van der Waals surface area contributed by atoms with Crippen LogP contribution in [0.5, 0.6) is 0 Å². The van der Waals surface area contributed by atoms with E-state index in [4.69, 9.17) is 11.0 Å². The van der Waals surface area contributed by atoms with Gasteiger partial charge in [-0.2, -0.15) is 5.26 Å². The summed E-state index contributed by atoms with van der Waals surface area (Å²) in [4.78, 5) is 5.11. The first kappa shape index (κ1) is 13.5. The highest BCUT2D eigenvalue weighted by molar-refractivity contribution is 7.12. The fraction of sp³-hybridized carbons (Fsp3) is 0.643. The number of thiophene rings is 1. The van der Waals surface area contributed by atoms with E-state index in [2.05, 4.69) is 36.9 Å². The molecular formula is C14H21N3S. The summed E-state index contributed by atoms with van der Waals surface area (Å²) < 4.78 is 0. The van der Waals surface area contributed by atoms with Crippen LogP contribution in [-0.2, 0) is 0 Å². The Balaban J connectivity index is 2.19. The molecule has 2 atom stereocenters. The summed E-state index contributed by atoms with van der Waals surface area (Å²) in [6.07, 6.45) is 3.09. The van der Waals surface area contributed by atoms with Gasteiger partial charge in [-0.05, 0) is 38.8 Å². The average Bonchev–Trinajstić information content (AvgIpc) is 3.07. The second-order valence-corrected chi connectivity index (χ2v) is 6.45. The van der Waals surface area contributed by atoms with Gasteiger partial charge in [0, 0.05) is 34.8 Å². The molecule has 4 heteroatoms. The minimum Gasteiger partial charge on any atom is -0.326 e. The Hall–Kier alpha value is -0.890. The average molecular weight is 263 g/mol. The molecule has 1 fully saturated rings. The van der Waals surface area contributed by atoms with Crippen molar-refractivity contribution in [3.8, 4) is 6.07 Å². The van der Waals surface area contributed by atoms with Gasteiger partial charge in [-0.3, -0.25) is 4.90 Å². The Morgan fingerprint density at radius 3 is 2.72 bits per heavy atom. The molecule has 0 aromatic carbocycles. The summed E-state index contributed by atoms with van der Waals surface area (Å²) in [5.74, 6) is 0. The molecule has 0 radical (unpaired) electrons. The van der Waals surface area contributed by atoms with Crippen LogP contribution >= 0.6 is 11.3 Å². The molecule has 1 aromatic heterocycles. The van der Waals surface area contributed by atoms with E-state index in [1.165, 1.54) is 22.6 Å². The number of nitrogens with zero attached hydrogens (tertiary/aromatic N) is 2. The summed E-state index contributed by atoms with van der Waals surface area (Å²) >= 11 is 1.83. The summed E-state index contributed by atoms with van der Waals surface area (Å²) in [5, 5.41) is 8.81. The third-order valence-corrected chi connectivity index (χ3v) is 4.48. The maximum Gasteiger partial charge on any atom is 0.0635 e. The van der Waals surface area contributed by atoms with E-state index in [9.17, 15) is 0 Å². The molecule has 0 saturated heterocycles. The smallest absolute Gasteiger partial charge is 0.0635 e. The molecule has 1 aliphatic carbocycles. The van der Waals surface area contributed by atoms with Crippen LogP contribution in [0, 0.1) is 18.3 Å². The second-order valence-electron chi connectivity index (χ2n) is 5.13. The Labute approximate surface area is 113 Å². The SMILES string of the molecule is Cc1ccc(C(C(C)N)N(CCC#N)C2CC2)s1. The molecule has 0 bridgehead atoms. The van der Waals surface area contributed by atoms with Crippen LogP contribution in [0.1, 0.15) is 42.0 Å². The third-order valence-electron chi connectivity index (χ3n) is 3.41. The quantitative estimate of drug-likeness (QED) is 0.858. The number of nitriles is 1. The zero-order chi connectivity index (χ0) is 13.1. The van der Waals surface area contributed by atoms with E-state index in [-0.39, 0.29) is 12.1 Å². The van der Waals surface area contributed by atoms with Gasteiger partial charge in [0.1, 0.15) is 0 Å². The highest BCUT2D eigenvalue weighted by Crippen LogP contribution is 2.38. The Kier molecular flexibility index (Phi) is 4.39. The lowest BCUT2D eigenvalue weighted by Crippen LogP contribution is -2.41. The third kappa shape index (κ3) is 3.11. The van der Waals surface area contributed by atoms with Crippen LogP contribution in [0.15, 0.2) is 12.1 Å². The van der Waals surface area contributed by atoms with E-state index in [1.54, 1.807) is 0 Å². The maximum absolute atomic E-state index is 8.81. The van der Waals surface area contributed by atoms with Gasteiger partial charge in [-0.1, -0.05) is 0 Å². The van der Waals surface area contributed by atoms with Gasteiger partial charge in [0.05, 0.1) is 12.1 Å². The molecule has 2 N–H and O–H groups in total. The second kappa shape index (κ2) is 5.83. The van der Waals surface area contributed by atoms with Crippen molar-refractivity contribution >= 4 is 11.3 Å². The summed E-state index contributed by atoms with van der Waals surface area (Å²) in [6.45, 7) is 5.04. The summed E-state index contributed by atoms with van der Waals surface area (Å²) in [5.41, 5.74) is 6.20. The van der Waals surface area contributed by atoms with Crippen molar-refractivity contribution in [3.05, 3.63) is 21.9 Å². The molecule has 2 unspecified atom stereocenters. The molecule has 18 heavy (non-hydrogen) atoms. The summed E-state index contributed by atoms with van der Waals surface area (Å²) in [7, 11) is 0. The van der Waals surface area contributed by atoms with Crippen molar-refractivity contribution in [2.24, 2.45) is 5.73 Å². The Bertz CT molecular complexity index is 428. The minimum atomic E-state index is 0.0994. The number of aryl methyl sites for hydroxylation is 1. The minimum absolute atomic E-state index is 0.0994. The first-order chi connectivity index (χ1) is 8.63. The predicted molar refractivity (Wildman–Crippen MR) is 75.4 cm³/mol. The normalized spacial score (nSPS) is 18.6. The van der Waals surface area contributed by atoms with Crippen molar-refractivity contribution in [1.29, 1.82) is 5.26 Å². The molecule has 0 amide bonds. The van der Waals surface area contributed by atoms with E-state index in [1.807, 2.05) is 11.3 Å². The molecule has 98 valence electrons. The zero-order valence-corrected chi connectivity index (χ0v) is 11.9. The van der Waals surface area contributed by atoms with Gasteiger partial charge >= 0.3 is 0 Å². The number of rotatable bonds is 6. The molecule has 1 saturated carbocycles. The van der Waals surface area contributed by atoms with Crippen LogP contribution in [0.2, 0.25) is 0 Å². The fourth-order valence-corrected chi connectivity index (χ4v) is 3.59. The molecule has 0 aliphatic heterocycles. The van der Waals surface area contributed by atoms with Crippen LogP contribution in [-0.4, -0.2) is 23.5 Å². The van der Waals surface area contributed by atoms with Crippen molar-refractivity contribution in [3.63, 3.8) is 0 Å². The van der Waals surface area contributed by atoms with Gasteiger partial charge in [0.25, 0.3) is 0 Å². The molecule has 1 aliphatic rings. The Morgan fingerprint density at radius 1 is 1.56 bits per heavy atom. The predicted octanol–water partition coefficient (Wildman–Crippen LogP) is 2.82. The van der Waals surface area contributed by atoms with E-state index in [0.29, 0.717) is 12.5 Å². The largest absolute Gasteiger partial charge is 0.326 e. The maximum atomic E-state index is 8.81. The van der Waals surface area contributed by atoms with Gasteiger partial charge in [0.2, 0.25) is 0 Å². The van der Waals surface area contributed by atoms with Gasteiger partial charge < -0.3 is 5.73 Å². The monoisotopic (exact) mass is 263 g/mol.